The number of aromatic carboxylic acids is 1. The molecule has 1 N–H and O–H groups in total. The van der Waals surface area contributed by atoms with E-state index < -0.39 is 16.8 Å². The lowest BCUT2D eigenvalue weighted by Gasteiger charge is -2.42. The second kappa shape index (κ2) is 6.84. The number of rotatable bonds is 3. The molecule has 2 aliphatic heterocycles. The van der Waals surface area contributed by atoms with Gasteiger partial charge < -0.3 is 14.6 Å². The summed E-state index contributed by atoms with van der Waals surface area (Å²) in [6, 6.07) is 7.31. The first kappa shape index (κ1) is 18.9. The van der Waals surface area contributed by atoms with Crippen molar-refractivity contribution < 1.29 is 19.6 Å². The van der Waals surface area contributed by atoms with Crippen molar-refractivity contribution in [3.8, 4) is 0 Å². The normalized spacial score (nSPS) is 20.1. The van der Waals surface area contributed by atoms with Crippen molar-refractivity contribution in [3.05, 3.63) is 73.2 Å². The Morgan fingerprint density at radius 2 is 1.93 bits per heavy atom. The zero-order valence-electron chi connectivity index (χ0n) is 15.7. The van der Waals surface area contributed by atoms with Crippen molar-refractivity contribution in [3.63, 3.8) is 0 Å². The molecular weight excluding hydrogens is 378 g/mol. The molecule has 2 aromatic rings. The standard InChI is InChI=1S/C20H19N3O6/c1-11-5-15(20(26)27)14(7-17(11)23(28)29)19(25)21-8-12-6-13(10-21)16-3-2-4-18(24)22(16)9-12/h2-5,7,12-13H,6,8-10H2,1H3,(H,26,27). The summed E-state index contributed by atoms with van der Waals surface area (Å²) in [7, 11) is 0. The average molecular weight is 397 g/mol. The number of piperidine rings is 1. The summed E-state index contributed by atoms with van der Waals surface area (Å²) in [5.41, 5.74) is 0.268. The third-order valence-electron chi connectivity index (χ3n) is 5.76. The molecule has 1 aromatic carbocycles. The minimum absolute atomic E-state index is 0.0333. The summed E-state index contributed by atoms with van der Waals surface area (Å²) in [6.07, 6.45) is 0.840. The lowest BCUT2D eigenvalue weighted by Crippen LogP contribution is -2.49. The molecule has 1 fully saturated rings. The molecule has 2 atom stereocenters. The van der Waals surface area contributed by atoms with Crippen molar-refractivity contribution in [2.24, 2.45) is 5.92 Å². The first-order valence-electron chi connectivity index (χ1n) is 9.27. The van der Waals surface area contributed by atoms with Gasteiger partial charge in [-0.15, -0.1) is 0 Å². The number of pyridine rings is 1. The molecule has 3 heterocycles. The molecule has 1 aromatic heterocycles. The lowest BCUT2D eigenvalue weighted by atomic mass is 9.82. The minimum atomic E-state index is -1.31. The lowest BCUT2D eigenvalue weighted by molar-refractivity contribution is -0.385. The monoisotopic (exact) mass is 397 g/mol. The van der Waals surface area contributed by atoms with Crippen molar-refractivity contribution in [2.45, 2.75) is 25.8 Å². The molecule has 9 heteroatoms. The van der Waals surface area contributed by atoms with Crippen molar-refractivity contribution in [1.82, 2.24) is 9.47 Å². The number of likely N-dealkylation sites (tertiary alicyclic amines) is 1. The van der Waals surface area contributed by atoms with E-state index in [1.54, 1.807) is 15.5 Å². The number of aryl methyl sites for hydroxylation is 1. The van der Waals surface area contributed by atoms with E-state index in [0.29, 0.717) is 19.6 Å². The Morgan fingerprint density at radius 3 is 2.62 bits per heavy atom. The van der Waals surface area contributed by atoms with Crippen LogP contribution in [-0.4, -0.2) is 44.5 Å². The number of aromatic nitrogens is 1. The van der Waals surface area contributed by atoms with Crippen LogP contribution in [-0.2, 0) is 6.54 Å². The molecule has 9 nitrogen and oxygen atoms in total. The highest BCUT2D eigenvalue weighted by atomic mass is 16.6. The van der Waals surface area contributed by atoms with Crippen molar-refractivity contribution in [1.29, 1.82) is 0 Å². The van der Waals surface area contributed by atoms with Crippen LogP contribution in [0.15, 0.2) is 35.1 Å². The molecule has 1 saturated heterocycles. The first-order chi connectivity index (χ1) is 13.8. The second-order valence-electron chi connectivity index (χ2n) is 7.65. The molecule has 0 spiro atoms. The molecule has 29 heavy (non-hydrogen) atoms. The molecule has 0 radical (unpaired) electrons. The third kappa shape index (κ3) is 3.18. The Kier molecular flexibility index (Phi) is 4.45. The number of nitro benzene ring substituents is 1. The Labute approximate surface area is 165 Å². The van der Waals surface area contributed by atoms with Gasteiger partial charge in [-0.25, -0.2) is 4.79 Å². The zero-order chi connectivity index (χ0) is 20.9. The Morgan fingerprint density at radius 1 is 1.17 bits per heavy atom. The van der Waals surface area contributed by atoms with Gasteiger partial charge in [0.2, 0.25) is 0 Å². The largest absolute Gasteiger partial charge is 0.478 e. The molecule has 150 valence electrons. The summed E-state index contributed by atoms with van der Waals surface area (Å²) in [4.78, 5) is 49.2. The van der Waals surface area contributed by atoms with E-state index in [1.165, 1.54) is 19.1 Å². The topological polar surface area (TPSA) is 123 Å². The number of carboxylic acids is 1. The van der Waals surface area contributed by atoms with E-state index in [4.69, 9.17) is 0 Å². The summed E-state index contributed by atoms with van der Waals surface area (Å²) in [5, 5.41) is 20.8. The number of carbonyl (C=O) groups is 2. The summed E-state index contributed by atoms with van der Waals surface area (Å²) in [5.74, 6) is -1.81. The van der Waals surface area contributed by atoms with E-state index in [0.717, 1.165) is 18.2 Å². The highest BCUT2D eigenvalue weighted by Crippen LogP contribution is 2.36. The van der Waals surface area contributed by atoms with E-state index in [-0.39, 0.29) is 39.8 Å². The summed E-state index contributed by atoms with van der Waals surface area (Å²) in [6.45, 7) is 2.64. The quantitative estimate of drug-likeness (QED) is 0.624. The van der Waals surface area contributed by atoms with Crippen LogP contribution in [0.5, 0.6) is 0 Å². The van der Waals surface area contributed by atoms with Crippen LogP contribution in [0.25, 0.3) is 0 Å². The molecule has 2 bridgehead atoms. The number of carbonyl (C=O) groups excluding carboxylic acids is 1. The number of carboxylic acid groups (broad SMARTS) is 1. The Hall–Kier alpha value is -3.49. The smallest absolute Gasteiger partial charge is 0.336 e. The Bertz CT molecular complexity index is 1110. The predicted octanol–water partition coefficient (Wildman–Crippen LogP) is 2.02. The van der Waals surface area contributed by atoms with Gasteiger partial charge in [-0.1, -0.05) is 6.07 Å². The molecular formula is C20H19N3O6. The zero-order valence-corrected chi connectivity index (χ0v) is 15.7. The van der Waals surface area contributed by atoms with Gasteiger partial charge in [-0.05, 0) is 31.4 Å². The maximum absolute atomic E-state index is 13.2. The number of benzene rings is 1. The number of nitro groups is 1. The summed E-state index contributed by atoms with van der Waals surface area (Å²) >= 11 is 0. The van der Waals surface area contributed by atoms with Gasteiger partial charge >= 0.3 is 5.97 Å². The fraction of sp³-hybridized carbons (Fsp3) is 0.350. The first-order valence-corrected chi connectivity index (χ1v) is 9.27. The number of hydrogen-bond donors (Lipinski definition) is 1. The van der Waals surface area contributed by atoms with Crippen LogP contribution >= 0.6 is 0 Å². The van der Waals surface area contributed by atoms with Crippen LogP contribution < -0.4 is 5.56 Å². The molecule has 1 amide bonds. The van der Waals surface area contributed by atoms with Gasteiger partial charge in [0.25, 0.3) is 17.2 Å². The SMILES string of the molecule is Cc1cc(C(=O)O)c(C(=O)N2CC3CC(C2)c2cccc(=O)n2C3)cc1[N+](=O)[O-]. The van der Waals surface area contributed by atoms with Gasteiger partial charge in [0.1, 0.15) is 0 Å². The van der Waals surface area contributed by atoms with Crippen LogP contribution in [0.2, 0.25) is 0 Å². The predicted molar refractivity (Wildman–Crippen MR) is 102 cm³/mol. The number of amides is 1. The van der Waals surface area contributed by atoms with E-state index >= 15 is 0 Å². The molecule has 0 saturated carbocycles. The summed E-state index contributed by atoms with van der Waals surface area (Å²) < 4.78 is 1.74. The maximum atomic E-state index is 13.2. The van der Waals surface area contributed by atoms with E-state index in [2.05, 4.69) is 0 Å². The van der Waals surface area contributed by atoms with Crippen LogP contribution in [0.1, 0.15) is 44.3 Å². The van der Waals surface area contributed by atoms with E-state index in [1.807, 2.05) is 6.07 Å². The number of hydrogen-bond acceptors (Lipinski definition) is 5. The number of fused-ring (bicyclic) bond motifs is 4. The fourth-order valence-corrected chi connectivity index (χ4v) is 4.48. The highest BCUT2D eigenvalue weighted by Gasteiger charge is 2.37. The van der Waals surface area contributed by atoms with Gasteiger partial charge in [-0.2, -0.15) is 0 Å². The molecule has 0 aliphatic carbocycles. The van der Waals surface area contributed by atoms with Gasteiger partial charge in [0.15, 0.2) is 0 Å². The average Bonchev–Trinajstić information content (AvgIpc) is 2.67. The van der Waals surface area contributed by atoms with E-state index in [9.17, 15) is 29.6 Å². The Balaban J connectivity index is 1.71. The fourth-order valence-electron chi connectivity index (χ4n) is 4.48. The maximum Gasteiger partial charge on any atom is 0.336 e. The van der Waals surface area contributed by atoms with Gasteiger partial charge in [0.05, 0.1) is 16.1 Å². The second-order valence-corrected chi connectivity index (χ2v) is 7.65. The highest BCUT2D eigenvalue weighted by molar-refractivity contribution is 6.05. The van der Waals surface area contributed by atoms with Gasteiger partial charge in [0, 0.05) is 48.9 Å². The van der Waals surface area contributed by atoms with Crippen LogP contribution in [0, 0.1) is 23.0 Å². The molecule has 2 unspecified atom stereocenters. The molecule has 2 aliphatic rings. The van der Waals surface area contributed by atoms with Crippen molar-refractivity contribution >= 4 is 17.6 Å². The van der Waals surface area contributed by atoms with Gasteiger partial charge in [-0.3, -0.25) is 19.7 Å². The van der Waals surface area contributed by atoms with Crippen LogP contribution in [0.3, 0.4) is 0 Å². The number of nitrogens with zero attached hydrogens (tertiary/aromatic N) is 3. The van der Waals surface area contributed by atoms with Crippen molar-refractivity contribution in [2.75, 3.05) is 13.1 Å². The minimum Gasteiger partial charge on any atom is -0.478 e. The van der Waals surface area contributed by atoms with Crippen LogP contribution in [0.4, 0.5) is 5.69 Å². The molecule has 4 rings (SSSR count). The third-order valence-corrected chi connectivity index (χ3v) is 5.76.